The van der Waals surface area contributed by atoms with Crippen molar-refractivity contribution in [2.75, 3.05) is 12.4 Å². The van der Waals surface area contributed by atoms with Crippen LogP contribution >= 0.6 is 11.6 Å². The number of anilines is 1. The van der Waals surface area contributed by atoms with Crippen LogP contribution in [0, 0.1) is 11.3 Å². The zero-order valence-corrected chi connectivity index (χ0v) is 12.2. The number of nitrogens with zero attached hydrogens (tertiary/aromatic N) is 1. The Bertz CT molecular complexity index is 707. The lowest BCUT2D eigenvalue weighted by atomic mass is 10.1. The van der Waals surface area contributed by atoms with Crippen LogP contribution in [0.2, 0.25) is 5.02 Å². The summed E-state index contributed by atoms with van der Waals surface area (Å²) in [7, 11) is 1.56. The van der Waals surface area contributed by atoms with E-state index in [4.69, 9.17) is 16.9 Å². The van der Waals surface area contributed by atoms with Crippen LogP contribution in [-0.2, 0) is 6.54 Å². The van der Waals surface area contributed by atoms with Crippen LogP contribution in [0.15, 0.2) is 42.5 Å². The highest BCUT2D eigenvalue weighted by atomic mass is 35.5. The van der Waals surface area contributed by atoms with Gasteiger partial charge in [-0.2, -0.15) is 5.26 Å². The summed E-state index contributed by atoms with van der Waals surface area (Å²) in [5.41, 5.74) is 2.83. The first kappa shape index (κ1) is 14.9. The highest BCUT2D eigenvalue weighted by Crippen LogP contribution is 2.21. The normalized spacial score (nSPS) is 9.76. The number of hydrogen-bond acceptors (Lipinski definition) is 3. The fourth-order valence-corrected chi connectivity index (χ4v) is 2.10. The fraction of sp³-hybridized carbons (Fsp3) is 0.125. The van der Waals surface area contributed by atoms with Gasteiger partial charge in [0.25, 0.3) is 5.91 Å². The molecule has 2 aromatic rings. The Morgan fingerprint density at radius 1 is 1.29 bits per heavy atom. The Morgan fingerprint density at radius 2 is 2.10 bits per heavy atom. The lowest BCUT2D eigenvalue weighted by molar-refractivity contribution is 0.0963. The zero-order valence-electron chi connectivity index (χ0n) is 11.5. The Hall–Kier alpha value is -2.51. The third-order valence-electron chi connectivity index (χ3n) is 2.99. The maximum absolute atomic E-state index is 11.7. The Kier molecular flexibility index (Phi) is 4.81. The van der Waals surface area contributed by atoms with E-state index in [0.29, 0.717) is 22.7 Å². The van der Waals surface area contributed by atoms with Crippen molar-refractivity contribution < 1.29 is 4.79 Å². The van der Waals surface area contributed by atoms with Gasteiger partial charge in [-0.3, -0.25) is 4.79 Å². The Morgan fingerprint density at radius 3 is 2.81 bits per heavy atom. The van der Waals surface area contributed by atoms with Gasteiger partial charge in [-0.05, 0) is 35.9 Å². The minimum absolute atomic E-state index is 0.227. The molecule has 0 unspecified atom stereocenters. The summed E-state index contributed by atoms with van der Waals surface area (Å²) in [6.45, 7) is 0.560. The number of amides is 1. The second-order valence-corrected chi connectivity index (χ2v) is 4.85. The minimum atomic E-state index is -0.227. The molecule has 0 bridgehead atoms. The molecule has 0 aliphatic rings. The van der Waals surface area contributed by atoms with Crippen LogP contribution in [0.3, 0.4) is 0 Å². The molecule has 5 heteroatoms. The average Bonchev–Trinajstić information content (AvgIpc) is 2.53. The van der Waals surface area contributed by atoms with Crippen LogP contribution in [-0.4, -0.2) is 13.0 Å². The number of carbonyl (C=O) groups is 1. The molecule has 4 nitrogen and oxygen atoms in total. The molecule has 1 amide bonds. The number of nitrogens with one attached hydrogen (secondary N) is 2. The van der Waals surface area contributed by atoms with E-state index >= 15 is 0 Å². The molecule has 21 heavy (non-hydrogen) atoms. The molecule has 0 fully saturated rings. The molecule has 2 rings (SSSR count). The molecule has 106 valence electrons. The summed E-state index contributed by atoms with van der Waals surface area (Å²) < 4.78 is 0. The number of carbonyl (C=O) groups excluding carboxylic acids is 1. The highest BCUT2D eigenvalue weighted by molar-refractivity contribution is 6.34. The molecule has 2 N–H and O–H groups in total. The van der Waals surface area contributed by atoms with Gasteiger partial charge >= 0.3 is 0 Å². The lowest BCUT2D eigenvalue weighted by Gasteiger charge is -2.09. The summed E-state index contributed by atoms with van der Waals surface area (Å²) in [5, 5.41) is 15.0. The number of halogens is 1. The molecule has 0 heterocycles. The largest absolute Gasteiger partial charge is 0.381 e. The summed E-state index contributed by atoms with van der Waals surface area (Å²) in [6, 6.07) is 14.7. The van der Waals surface area contributed by atoms with Gasteiger partial charge in [-0.25, -0.2) is 0 Å². The molecular formula is C16H14ClN3O. The summed E-state index contributed by atoms with van der Waals surface area (Å²) in [5.74, 6) is -0.227. The van der Waals surface area contributed by atoms with Gasteiger partial charge in [0.15, 0.2) is 0 Å². The van der Waals surface area contributed by atoms with E-state index in [2.05, 4.69) is 16.7 Å². The van der Waals surface area contributed by atoms with Gasteiger partial charge in [0.05, 0.1) is 22.2 Å². The molecule has 0 spiro atoms. The Balaban J connectivity index is 2.13. The van der Waals surface area contributed by atoms with Gasteiger partial charge < -0.3 is 10.6 Å². The summed E-state index contributed by atoms with van der Waals surface area (Å²) in [6.07, 6.45) is 0. The van der Waals surface area contributed by atoms with E-state index in [1.165, 1.54) is 0 Å². The van der Waals surface area contributed by atoms with Crippen LogP contribution in [0.1, 0.15) is 21.5 Å². The molecule has 0 aliphatic heterocycles. The van der Waals surface area contributed by atoms with Gasteiger partial charge in [-0.15, -0.1) is 0 Å². The maximum Gasteiger partial charge on any atom is 0.252 e. The van der Waals surface area contributed by atoms with Crippen molar-refractivity contribution in [2.24, 2.45) is 0 Å². The van der Waals surface area contributed by atoms with Gasteiger partial charge in [0.2, 0.25) is 0 Å². The van der Waals surface area contributed by atoms with Crippen LogP contribution < -0.4 is 10.6 Å². The van der Waals surface area contributed by atoms with Gasteiger partial charge in [0, 0.05) is 19.3 Å². The Labute approximate surface area is 128 Å². The molecular weight excluding hydrogens is 286 g/mol. The van der Waals surface area contributed by atoms with E-state index in [9.17, 15) is 4.79 Å². The van der Waals surface area contributed by atoms with Crippen LogP contribution in [0.5, 0.6) is 0 Å². The van der Waals surface area contributed by atoms with E-state index in [0.717, 1.165) is 11.3 Å². The minimum Gasteiger partial charge on any atom is -0.381 e. The topological polar surface area (TPSA) is 64.9 Å². The number of rotatable bonds is 4. The molecule has 0 saturated carbocycles. The van der Waals surface area contributed by atoms with Gasteiger partial charge in [0.1, 0.15) is 0 Å². The third-order valence-corrected chi connectivity index (χ3v) is 3.32. The molecule has 0 saturated heterocycles. The van der Waals surface area contributed by atoms with Crippen molar-refractivity contribution in [3.05, 3.63) is 64.2 Å². The maximum atomic E-state index is 11.7. The highest BCUT2D eigenvalue weighted by Gasteiger charge is 2.09. The monoisotopic (exact) mass is 299 g/mol. The quantitative estimate of drug-likeness (QED) is 0.911. The van der Waals surface area contributed by atoms with E-state index in [1.807, 2.05) is 24.3 Å². The first-order valence-corrected chi connectivity index (χ1v) is 6.76. The lowest BCUT2D eigenvalue weighted by Crippen LogP contribution is -2.18. The first-order valence-electron chi connectivity index (χ1n) is 6.38. The van der Waals surface area contributed by atoms with Crippen molar-refractivity contribution in [3.63, 3.8) is 0 Å². The average molecular weight is 300 g/mol. The third kappa shape index (κ3) is 3.74. The van der Waals surface area contributed by atoms with E-state index in [1.54, 1.807) is 25.2 Å². The van der Waals surface area contributed by atoms with Crippen LogP contribution in [0.25, 0.3) is 0 Å². The fourth-order valence-electron chi connectivity index (χ4n) is 1.90. The van der Waals surface area contributed by atoms with Crippen molar-refractivity contribution >= 4 is 23.2 Å². The molecule has 0 aromatic heterocycles. The summed E-state index contributed by atoms with van der Waals surface area (Å²) >= 11 is 6.00. The predicted octanol–water partition coefficient (Wildman–Crippen LogP) is 3.18. The standard InChI is InChI=1S/C16H14ClN3O/c1-19-16(21)14-8-13(5-6-15(14)17)20-10-12-4-2-3-11(7-12)9-18/h2-8,20H,10H2,1H3,(H,19,21). The second kappa shape index (κ2) is 6.78. The summed E-state index contributed by atoms with van der Waals surface area (Å²) in [4.78, 5) is 11.7. The van der Waals surface area contributed by atoms with E-state index < -0.39 is 0 Å². The predicted molar refractivity (Wildman–Crippen MR) is 83.3 cm³/mol. The number of hydrogen-bond donors (Lipinski definition) is 2. The van der Waals surface area contributed by atoms with Gasteiger partial charge in [-0.1, -0.05) is 23.7 Å². The zero-order chi connectivity index (χ0) is 15.2. The smallest absolute Gasteiger partial charge is 0.252 e. The van der Waals surface area contributed by atoms with E-state index in [-0.39, 0.29) is 5.91 Å². The molecule has 0 radical (unpaired) electrons. The number of benzene rings is 2. The molecule has 0 aliphatic carbocycles. The number of nitriles is 1. The van der Waals surface area contributed by atoms with Crippen molar-refractivity contribution in [1.82, 2.24) is 5.32 Å². The SMILES string of the molecule is CNC(=O)c1cc(NCc2cccc(C#N)c2)ccc1Cl. The molecule has 2 aromatic carbocycles. The van der Waals surface area contributed by atoms with Crippen molar-refractivity contribution in [2.45, 2.75) is 6.54 Å². The molecule has 0 atom stereocenters. The second-order valence-electron chi connectivity index (χ2n) is 4.44. The first-order chi connectivity index (χ1) is 10.1. The van der Waals surface area contributed by atoms with Crippen LogP contribution in [0.4, 0.5) is 5.69 Å². The van der Waals surface area contributed by atoms with Crippen molar-refractivity contribution in [3.8, 4) is 6.07 Å². The van der Waals surface area contributed by atoms with Crippen molar-refractivity contribution in [1.29, 1.82) is 5.26 Å².